The predicted molar refractivity (Wildman–Crippen MR) is 74.7 cm³/mol. The molecule has 2 atom stereocenters. The zero-order chi connectivity index (χ0) is 14.9. The third kappa shape index (κ3) is 2.43. The molecular formula is C14H17NO4S. The second-order valence-corrected chi connectivity index (χ2v) is 6.53. The molecule has 0 aromatic heterocycles. The molecule has 0 radical (unpaired) electrons. The summed E-state index contributed by atoms with van der Waals surface area (Å²) in [5.74, 6) is 0. The number of rotatable bonds is 3. The number of aryl methyl sites for hydroxylation is 1. The van der Waals surface area contributed by atoms with Gasteiger partial charge >= 0.3 is 6.09 Å². The molecule has 0 bridgehead atoms. The molecule has 1 aliphatic rings. The number of sulfonamides is 1. The van der Waals surface area contributed by atoms with Crippen molar-refractivity contribution >= 4 is 16.1 Å². The molecule has 2 rings (SSSR count). The zero-order valence-electron chi connectivity index (χ0n) is 11.6. The van der Waals surface area contributed by atoms with Gasteiger partial charge in [-0.2, -0.15) is 4.31 Å². The Morgan fingerprint density at radius 2 is 1.85 bits per heavy atom. The SMILES string of the molecule is C/C=C/[C@@H]1[C@H](C)OC(=O)N1S(=O)(=O)c1ccc(C)cc1. The van der Waals surface area contributed by atoms with E-state index in [1.54, 1.807) is 38.1 Å². The van der Waals surface area contributed by atoms with E-state index >= 15 is 0 Å². The van der Waals surface area contributed by atoms with Gasteiger partial charge in [0, 0.05) is 0 Å². The van der Waals surface area contributed by atoms with Crippen LogP contribution in [0.2, 0.25) is 0 Å². The molecule has 1 saturated heterocycles. The van der Waals surface area contributed by atoms with Crippen molar-refractivity contribution in [2.45, 2.75) is 37.8 Å². The van der Waals surface area contributed by atoms with Crippen LogP contribution in [0.5, 0.6) is 0 Å². The molecule has 1 amide bonds. The Kier molecular flexibility index (Phi) is 3.85. The molecule has 108 valence electrons. The second kappa shape index (κ2) is 5.28. The van der Waals surface area contributed by atoms with Gasteiger partial charge in [-0.15, -0.1) is 0 Å². The summed E-state index contributed by atoms with van der Waals surface area (Å²) in [4.78, 5) is 11.9. The molecule has 0 N–H and O–H groups in total. The van der Waals surface area contributed by atoms with Crippen molar-refractivity contribution in [1.82, 2.24) is 4.31 Å². The van der Waals surface area contributed by atoms with Crippen molar-refractivity contribution in [2.24, 2.45) is 0 Å². The fourth-order valence-electron chi connectivity index (χ4n) is 2.11. The van der Waals surface area contributed by atoms with Crippen LogP contribution in [0.4, 0.5) is 4.79 Å². The zero-order valence-corrected chi connectivity index (χ0v) is 12.4. The van der Waals surface area contributed by atoms with Crippen LogP contribution in [0.15, 0.2) is 41.3 Å². The van der Waals surface area contributed by atoms with Crippen LogP contribution in [0, 0.1) is 6.92 Å². The van der Waals surface area contributed by atoms with E-state index in [0.29, 0.717) is 0 Å². The van der Waals surface area contributed by atoms with E-state index in [9.17, 15) is 13.2 Å². The smallest absolute Gasteiger partial charge is 0.424 e. The number of amides is 1. The molecule has 1 heterocycles. The number of allylic oxidation sites excluding steroid dienone is 1. The van der Waals surface area contributed by atoms with Crippen LogP contribution in [0.1, 0.15) is 19.4 Å². The molecule has 1 aromatic carbocycles. The lowest BCUT2D eigenvalue weighted by atomic mass is 10.2. The number of hydrogen-bond donors (Lipinski definition) is 0. The topological polar surface area (TPSA) is 63.7 Å². The summed E-state index contributed by atoms with van der Waals surface area (Å²) in [6.07, 6.45) is 2.03. The number of hydrogen-bond acceptors (Lipinski definition) is 4. The van der Waals surface area contributed by atoms with Crippen LogP contribution in [-0.4, -0.2) is 31.0 Å². The van der Waals surface area contributed by atoms with Gasteiger partial charge in [0.15, 0.2) is 0 Å². The van der Waals surface area contributed by atoms with E-state index in [0.717, 1.165) is 9.87 Å². The largest absolute Gasteiger partial charge is 0.443 e. The highest BCUT2D eigenvalue weighted by atomic mass is 32.2. The highest BCUT2D eigenvalue weighted by molar-refractivity contribution is 7.89. The van der Waals surface area contributed by atoms with Crippen LogP contribution < -0.4 is 0 Å². The van der Waals surface area contributed by atoms with E-state index in [2.05, 4.69) is 0 Å². The van der Waals surface area contributed by atoms with Crippen molar-refractivity contribution in [2.75, 3.05) is 0 Å². The Morgan fingerprint density at radius 3 is 2.40 bits per heavy atom. The van der Waals surface area contributed by atoms with E-state index < -0.39 is 28.3 Å². The maximum atomic E-state index is 12.6. The molecule has 6 heteroatoms. The van der Waals surface area contributed by atoms with Crippen molar-refractivity contribution in [3.8, 4) is 0 Å². The van der Waals surface area contributed by atoms with Gasteiger partial charge in [-0.25, -0.2) is 13.2 Å². The van der Waals surface area contributed by atoms with E-state index in [1.807, 2.05) is 6.92 Å². The lowest BCUT2D eigenvalue weighted by Gasteiger charge is -2.20. The highest BCUT2D eigenvalue weighted by Gasteiger charge is 2.45. The Balaban J connectivity index is 2.46. The standard InChI is InChI=1S/C14H17NO4S/c1-4-5-13-11(3)19-14(16)15(13)20(17,18)12-8-6-10(2)7-9-12/h4-9,11,13H,1-3H3/b5-4+/t11-,13+/m0/s1. The normalized spacial score (nSPS) is 23.4. The molecule has 0 saturated carbocycles. The summed E-state index contributed by atoms with van der Waals surface area (Å²) in [6.45, 7) is 5.31. The highest BCUT2D eigenvalue weighted by Crippen LogP contribution is 2.28. The average molecular weight is 295 g/mol. The van der Waals surface area contributed by atoms with Crippen molar-refractivity contribution < 1.29 is 17.9 Å². The molecule has 1 aliphatic heterocycles. The number of cyclic esters (lactones) is 1. The van der Waals surface area contributed by atoms with Crippen LogP contribution >= 0.6 is 0 Å². The first-order valence-electron chi connectivity index (χ1n) is 6.32. The van der Waals surface area contributed by atoms with Gasteiger partial charge in [0.05, 0.1) is 4.90 Å². The summed E-state index contributed by atoms with van der Waals surface area (Å²) >= 11 is 0. The monoisotopic (exact) mass is 295 g/mol. The first kappa shape index (κ1) is 14.6. The first-order valence-corrected chi connectivity index (χ1v) is 7.76. The summed E-state index contributed by atoms with van der Waals surface area (Å²) < 4.78 is 31.0. The molecule has 0 unspecified atom stereocenters. The van der Waals surface area contributed by atoms with Gasteiger partial charge in [0.1, 0.15) is 12.1 Å². The predicted octanol–water partition coefficient (Wildman–Crippen LogP) is 2.47. The number of ether oxygens (including phenoxy) is 1. The van der Waals surface area contributed by atoms with Gasteiger partial charge in [-0.3, -0.25) is 0 Å². The summed E-state index contributed by atoms with van der Waals surface area (Å²) in [5, 5.41) is 0. The lowest BCUT2D eigenvalue weighted by Crippen LogP contribution is -2.39. The number of nitrogens with zero attached hydrogens (tertiary/aromatic N) is 1. The van der Waals surface area contributed by atoms with Crippen molar-refractivity contribution in [3.63, 3.8) is 0 Å². The van der Waals surface area contributed by atoms with Crippen molar-refractivity contribution in [3.05, 3.63) is 42.0 Å². The van der Waals surface area contributed by atoms with Gasteiger partial charge in [-0.05, 0) is 32.9 Å². The maximum Gasteiger partial charge on any atom is 0.424 e. The molecule has 1 aromatic rings. The second-order valence-electron chi connectivity index (χ2n) is 4.72. The lowest BCUT2D eigenvalue weighted by molar-refractivity contribution is 0.142. The average Bonchev–Trinajstić information content (AvgIpc) is 2.66. The van der Waals surface area contributed by atoms with Gasteiger partial charge in [-0.1, -0.05) is 29.8 Å². The third-order valence-corrected chi connectivity index (χ3v) is 4.96. The Bertz CT molecular complexity index is 634. The van der Waals surface area contributed by atoms with Crippen molar-refractivity contribution in [1.29, 1.82) is 0 Å². The van der Waals surface area contributed by atoms with Gasteiger partial charge in [0.25, 0.3) is 10.0 Å². The fourth-order valence-corrected chi connectivity index (χ4v) is 3.62. The molecule has 20 heavy (non-hydrogen) atoms. The summed E-state index contributed by atoms with van der Waals surface area (Å²) in [7, 11) is -3.90. The Morgan fingerprint density at radius 1 is 1.25 bits per heavy atom. The summed E-state index contributed by atoms with van der Waals surface area (Å²) in [6, 6.07) is 5.77. The molecule has 0 aliphatic carbocycles. The van der Waals surface area contributed by atoms with Gasteiger partial charge in [0.2, 0.25) is 0 Å². The van der Waals surface area contributed by atoms with E-state index in [4.69, 9.17) is 4.74 Å². The van der Waals surface area contributed by atoms with Crippen LogP contribution in [0.25, 0.3) is 0 Å². The molecule has 1 fully saturated rings. The minimum absolute atomic E-state index is 0.0867. The Hall–Kier alpha value is -1.82. The maximum absolute atomic E-state index is 12.6. The number of carbonyl (C=O) groups is 1. The van der Waals surface area contributed by atoms with E-state index in [-0.39, 0.29) is 4.90 Å². The van der Waals surface area contributed by atoms with Crippen LogP contribution in [0.3, 0.4) is 0 Å². The minimum atomic E-state index is -3.90. The number of carbonyl (C=O) groups excluding carboxylic acids is 1. The molecule has 5 nitrogen and oxygen atoms in total. The third-order valence-electron chi connectivity index (χ3n) is 3.19. The van der Waals surface area contributed by atoms with E-state index in [1.165, 1.54) is 12.1 Å². The van der Waals surface area contributed by atoms with Crippen LogP contribution in [-0.2, 0) is 14.8 Å². The fraction of sp³-hybridized carbons (Fsp3) is 0.357. The minimum Gasteiger partial charge on any atom is -0.443 e. The first-order chi connectivity index (χ1) is 9.37. The summed E-state index contributed by atoms with van der Waals surface area (Å²) in [5.41, 5.74) is 0.950. The van der Waals surface area contributed by atoms with Gasteiger partial charge < -0.3 is 4.74 Å². The molecule has 0 spiro atoms. The molecular weight excluding hydrogens is 278 g/mol. The Labute approximate surface area is 118 Å². The quantitative estimate of drug-likeness (QED) is 0.804. The number of benzene rings is 1.